The summed E-state index contributed by atoms with van der Waals surface area (Å²) < 4.78 is 40.6. The number of rotatable bonds is 28. The van der Waals surface area contributed by atoms with Gasteiger partial charge in [-0.05, 0) is 27.7 Å². The van der Waals surface area contributed by atoms with Crippen LogP contribution in [-0.2, 0) is 33.2 Å². The third-order valence-electron chi connectivity index (χ3n) is 8.91. The molecule has 0 aromatic carbocycles. The molecular formula is C35H74N2O11+2. The SMILES string of the molecule is CCOCC(COCC)(COCC(O)C[N+]1(C)CCCC1)COCC(O)C[N+]1(C)CCCC1.CCOCC(O)COCC(O)COCC. The highest BCUT2D eigenvalue weighted by atomic mass is 16.5. The third kappa shape index (κ3) is 21.0. The van der Waals surface area contributed by atoms with Crippen molar-refractivity contribution in [2.24, 2.45) is 5.41 Å². The zero-order chi connectivity index (χ0) is 35.7. The van der Waals surface area contributed by atoms with Gasteiger partial charge in [0.1, 0.15) is 37.5 Å². The van der Waals surface area contributed by atoms with Crippen LogP contribution in [0.2, 0.25) is 0 Å². The molecule has 13 nitrogen and oxygen atoms in total. The number of hydrogen-bond acceptors (Lipinski definition) is 11. The van der Waals surface area contributed by atoms with Gasteiger partial charge in [-0.2, -0.15) is 0 Å². The predicted molar refractivity (Wildman–Crippen MR) is 185 cm³/mol. The summed E-state index contributed by atoms with van der Waals surface area (Å²) in [5.41, 5.74) is -0.469. The van der Waals surface area contributed by atoms with E-state index in [4.69, 9.17) is 33.2 Å². The van der Waals surface area contributed by atoms with E-state index in [9.17, 15) is 20.4 Å². The highest BCUT2D eigenvalue weighted by Gasteiger charge is 2.35. The van der Waals surface area contributed by atoms with Crippen molar-refractivity contribution in [3.63, 3.8) is 0 Å². The van der Waals surface area contributed by atoms with Gasteiger partial charge in [0.15, 0.2) is 0 Å². The van der Waals surface area contributed by atoms with Crippen LogP contribution in [0.4, 0.5) is 0 Å². The Bertz CT molecular complexity index is 694. The average molecular weight is 699 g/mol. The molecular weight excluding hydrogens is 624 g/mol. The Hall–Kier alpha value is -0.520. The number of quaternary nitrogens is 2. The van der Waals surface area contributed by atoms with E-state index < -0.39 is 29.8 Å². The summed E-state index contributed by atoms with van der Waals surface area (Å²) in [6.07, 6.45) is 2.69. The van der Waals surface area contributed by atoms with E-state index in [2.05, 4.69) is 14.1 Å². The topological polar surface area (TPSA) is 146 Å². The minimum Gasteiger partial charge on any atom is -0.388 e. The molecule has 0 aromatic heterocycles. The van der Waals surface area contributed by atoms with Crippen molar-refractivity contribution >= 4 is 0 Å². The van der Waals surface area contributed by atoms with E-state index in [1.165, 1.54) is 25.7 Å². The molecule has 13 heteroatoms. The molecule has 0 bridgehead atoms. The smallest absolute Gasteiger partial charge is 0.126 e. The zero-order valence-electron chi connectivity index (χ0n) is 31.3. The monoisotopic (exact) mass is 699 g/mol. The first-order chi connectivity index (χ1) is 22.9. The Kier molecular flexibility index (Phi) is 24.9. The van der Waals surface area contributed by atoms with E-state index in [0.717, 1.165) is 48.2 Å². The summed E-state index contributed by atoms with van der Waals surface area (Å²) in [4.78, 5) is 0. The van der Waals surface area contributed by atoms with Crippen LogP contribution >= 0.6 is 0 Å². The van der Waals surface area contributed by atoms with Gasteiger partial charge >= 0.3 is 0 Å². The Morgan fingerprint density at radius 1 is 0.438 bits per heavy atom. The van der Waals surface area contributed by atoms with E-state index in [1.807, 2.05) is 27.7 Å². The summed E-state index contributed by atoms with van der Waals surface area (Å²) in [5.74, 6) is 0. The molecule has 4 unspecified atom stereocenters. The van der Waals surface area contributed by atoms with Crippen molar-refractivity contribution in [2.45, 2.75) is 77.8 Å². The van der Waals surface area contributed by atoms with Gasteiger partial charge in [0, 0.05) is 52.1 Å². The van der Waals surface area contributed by atoms with E-state index >= 15 is 0 Å². The van der Waals surface area contributed by atoms with Gasteiger partial charge in [0.05, 0.1) is 112 Å². The Morgan fingerprint density at radius 2 is 0.729 bits per heavy atom. The van der Waals surface area contributed by atoms with Crippen molar-refractivity contribution in [3.05, 3.63) is 0 Å². The van der Waals surface area contributed by atoms with E-state index in [1.54, 1.807) is 0 Å². The lowest BCUT2D eigenvalue weighted by Crippen LogP contribution is -2.49. The number of likely N-dealkylation sites (N-methyl/N-ethyl adjacent to an activating group) is 2. The normalized spacial score (nSPS) is 19.9. The first-order valence-electron chi connectivity index (χ1n) is 18.4. The lowest BCUT2D eigenvalue weighted by atomic mass is 9.92. The lowest BCUT2D eigenvalue weighted by Gasteiger charge is -2.35. The minimum absolute atomic E-state index is 0.170. The lowest BCUT2D eigenvalue weighted by molar-refractivity contribution is -0.900. The fourth-order valence-corrected chi connectivity index (χ4v) is 6.34. The zero-order valence-corrected chi connectivity index (χ0v) is 31.3. The molecule has 2 heterocycles. The van der Waals surface area contributed by atoms with Gasteiger partial charge < -0.3 is 62.6 Å². The number of nitrogens with zero attached hydrogens (tertiary/aromatic N) is 2. The quantitative estimate of drug-likeness (QED) is 0.0872. The van der Waals surface area contributed by atoms with Crippen LogP contribution in [0.15, 0.2) is 0 Å². The van der Waals surface area contributed by atoms with Crippen LogP contribution in [0.25, 0.3) is 0 Å². The Morgan fingerprint density at radius 3 is 1.06 bits per heavy atom. The number of ether oxygens (including phenoxy) is 7. The summed E-state index contributed by atoms with van der Waals surface area (Å²) in [7, 11) is 4.43. The second-order valence-corrected chi connectivity index (χ2v) is 14.2. The first-order valence-corrected chi connectivity index (χ1v) is 18.4. The Labute approximate surface area is 291 Å². The second kappa shape index (κ2) is 26.3. The van der Waals surface area contributed by atoms with Crippen molar-refractivity contribution in [1.82, 2.24) is 0 Å². The van der Waals surface area contributed by atoms with Gasteiger partial charge in [0.2, 0.25) is 0 Å². The molecule has 2 aliphatic rings. The van der Waals surface area contributed by atoms with Crippen molar-refractivity contribution in [3.8, 4) is 0 Å². The minimum atomic E-state index is -0.635. The van der Waals surface area contributed by atoms with Gasteiger partial charge in [-0.25, -0.2) is 0 Å². The van der Waals surface area contributed by atoms with Crippen molar-refractivity contribution < 1.29 is 62.6 Å². The number of hydrogen-bond donors (Lipinski definition) is 4. The third-order valence-corrected chi connectivity index (χ3v) is 8.91. The first kappa shape index (κ1) is 45.5. The standard InChI is InChI=1S/C25H52N2O6.C10H22O5/c1-5-30-19-25(20-31-6-2,21-32-17-23(28)15-26(3)11-7-8-12-26)22-33-18-24(29)16-27(4)13-9-10-14-27;1-3-13-5-9(11)7-15-8-10(12)6-14-4-2/h23-24,28-29H,5-22H2,1-4H3;9-12H,3-8H2,1-2H3/q+2;. The average Bonchev–Trinajstić information content (AvgIpc) is 3.68. The number of aliphatic hydroxyl groups is 4. The summed E-state index contributed by atoms with van der Waals surface area (Å²) in [6.45, 7) is 19.1. The molecule has 4 atom stereocenters. The summed E-state index contributed by atoms with van der Waals surface area (Å²) in [5, 5.41) is 39.7. The largest absolute Gasteiger partial charge is 0.388 e. The summed E-state index contributed by atoms with van der Waals surface area (Å²) >= 11 is 0. The van der Waals surface area contributed by atoms with Gasteiger partial charge in [-0.15, -0.1) is 0 Å². The fourth-order valence-electron chi connectivity index (χ4n) is 6.34. The molecule has 2 saturated heterocycles. The molecule has 2 fully saturated rings. The van der Waals surface area contributed by atoms with Crippen LogP contribution in [-0.4, -0.2) is 200 Å². The van der Waals surface area contributed by atoms with E-state index in [0.29, 0.717) is 66.1 Å². The fraction of sp³-hybridized carbons (Fsp3) is 1.00. The van der Waals surface area contributed by atoms with Gasteiger partial charge in [0.25, 0.3) is 0 Å². The maximum absolute atomic E-state index is 10.6. The Balaban J connectivity index is 0.000000646. The van der Waals surface area contributed by atoms with Gasteiger partial charge in [-0.1, -0.05) is 0 Å². The van der Waals surface area contributed by atoms with Crippen LogP contribution in [0.3, 0.4) is 0 Å². The highest BCUT2D eigenvalue weighted by Crippen LogP contribution is 2.23. The van der Waals surface area contributed by atoms with Crippen molar-refractivity contribution in [1.29, 1.82) is 0 Å². The van der Waals surface area contributed by atoms with Gasteiger partial charge in [-0.3, -0.25) is 0 Å². The summed E-state index contributed by atoms with van der Waals surface area (Å²) in [6, 6.07) is 0. The molecule has 0 saturated carbocycles. The van der Waals surface area contributed by atoms with Crippen LogP contribution in [0.5, 0.6) is 0 Å². The van der Waals surface area contributed by atoms with Crippen molar-refractivity contribution in [2.75, 3.05) is 146 Å². The van der Waals surface area contributed by atoms with Crippen LogP contribution < -0.4 is 0 Å². The van der Waals surface area contributed by atoms with Crippen LogP contribution in [0, 0.1) is 5.41 Å². The molecule has 2 aliphatic heterocycles. The van der Waals surface area contributed by atoms with E-state index in [-0.39, 0.29) is 26.4 Å². The molecule has 48 heavy (non-hydrogen) atoms. The maximum atomic E-state index is 10.6. The predicted octanol–water partition coefficient (Wildman–Crippen LogP) is 1.08. The molecule has 0 amide bonds. The molecule has 2 rings (SSSR count). The maximum Gasteiger partial charge on any atom is 0.126 e. The number of aliphatic hydroxyl groups excluding tert-OH is 4. The number of likely N-dealkylation sites (tertiary alicyclic amines) is 2. The second-order valence-electron chi connectivity index (χ2n) is 14.2. The molecule has 0 spiro atoms. The highest BCUT2D eigenvalue weighted by molar-refractivity contribution is 4.80. The van der Waals surface area contributed by atoms with Crippen LogP contribution in [0.1, 0.15) is 53.4 Å². The molecule has 0 aromatic rings. The molecule has 4 N–H and O–H groups in total. The molecule has 0 aliphatic carbocycles. The molecule has 288 valence electrons. The molecule has 0 radical (unpaired) electrons.